The highest BCUT2D eigenvalue weighted by Gasteiger charge is 2.32. The second kappa shape index (κ2) is 8.49. The van der Waals surface area contributed by atoms with E-state index in [0.29, 0.717) is 37.2 Å². The van der Waals surface area contributed by atoms with Gasteiger partial charge in [-0.05, 0) is 11.5 Å². The van der Waals surface area contributed by atoms with Gasteiger partial charge in [0.1, 0.15) is 17.7 Å². The van der Waals surface area contributed by atoms with Gasteiger partial charge in [0, 0.05) is 37.6 Å². The number of anilines is 2. The predicted molar refractivity (Wildman–Crippen MR) is 121 cm³/mol. The molecule has 1 saturated heterocycles. The molecular formula is C22H28N8O3. The molecule has 3 N–H and O–H groups in total. The lowest BCUT2D eigenvalue weighted by Crippen LogP contribution is -2.19. The van der Waals surface area contributed by atoms with Crippen molar-refractivity contribution in [2.75, 3.05) is 19.0 Å². The van der Waals surface area contributed by atoms with E-state index in [1.807, 2.05) is 18.3 Å². The molecule has 0 spiro atoms. The SMILES string of the molecule is COCc1cc2c(Nc3cc([C@H]4C[C@@H](Oc5[nH]ncc5C(C)(C)C)CO4)[nH]n3)nccn2n1. The molecule has 0 amide bonds. The highest BCUT2D eigenvalue weighted by molar-refractivity contribution is 5.72. The van der Waals surface area contributed by atoms with Gasteiger partial charge in [-0.15, -0.1) is 0 Å². The molecule has 0 aromatic carbocycles. The van der Waals surface area contributed by atoms with E-state index >= 15 is 0 Å². The van der Waals surface area contributed by atoms with Crippen LogP contribution in [-0.4, -0.2) is 54.8 Å². The lowest BCUT2D eigenvalue weighted by atomic mass is 9.89. The topological polar surface area (TPSA) is 127 Å². The van der Waals surface area contributed by atoms with E-state index < -0.39 is 0 Å². The van der Waals surface area contributed by atoms with E-state index in [1.165, 1.54) is 0 Å². The summed E-state index contributed by atoms with van der Waals surface area (Å²) < 4.78 is 19.1. The van der Waals surface area contributed by atoms with Crippen LogP contribution in [0.4, 0.5) is 11.6 Å². The first-order valence-corrected chi connectivity index (χ1v) is 10.9. The monoisotopic (exact) mass is 452 g/mol. The number of aromatic amines is 2. The summed E-state index contributed by atoms with van der Waals surface area (Å²) in [5.41, 5.74) is 3.54. The molecule has 5 heterocycles. The van der Waals surface area contributed by atoms with Crippen molar-refractivity contribution >= 4 is 17.2 Å². The highest BCUT2D eigenvalue weighted by atomic mass is 16.6. The molecule has 174 valence electrons. The van der Waals surface area contributed by atoms with Crippen LogP contribution in [0.15, 0.2) is 30.7 Å². The third kappa shape index (κ3) is 4.41. The molecule has 4 aromatic rings. The summed E-state index contributed by atoms with van der Waals surface area (Å²) in [6.07, 6.45) is 5.82. The van der Waals surface area contributed by atoms with Gasteiger partial charge < -0.3 is 19.5 Å². The number of rotatable bonds is 7. The smallest absolute Gasteiger partial charge is 0.213 e. The van der Waals surface area contributed by atoms with Gasteiger partial charge >= 0.3 is 0 Å². The van der Waals surface area contributed by atoms with Crippen molar-refractivity contribution in [3.8, 4) is 5.88 Å². The van der Waals surface area contributed by atoms with Gasteiger partial charge in [-0.25, -0.2) is 14.6 Å². The predicted octanol–water partition coefficient (Wildman–Crippen LogP) is 3.27. The lowest BCUT2D eigenvalue weighted by molar-refractivity contribution is 0.0906. The molecule has 11 nitrogen and oxygen atoms in total. The van der Waals surface area contributed by atoms with Crippen LogP contribution in [0.3, 0.4) is 0 Å². The van der Waals surface area contributed by atoms with Crippen LogP contribution in [0.25, 0.3) is 5.52 Å². The number of hydrogen-bond donors (Lipinski definition) is 3. The number of methoxy groups -OCH3 is 1. The Labute approximate surface area is 190 Å². The highest BCUT2D eigenvalue weighted by Crippen LogP contribution is 2.34. The largest absolute Gasteiger partial charge is 0.472 e. The summed E-state index contributed by atoms with van der Waals surface area (Å²) in [6, 6.07) is 3.87. The van der Waals surface area contributed by atoms with Crippen LogP contribution in [0, 0.1) is 0 Å². The maximum absolute atomic E-state index is 6.17. The zero-order valence-corrected chi connectivity index (χ0v) is 19.1. The Hall–Kier alpha value is -3.44. The fourth-order valence-electron chi connectivity index (χ4n) is 3.94. The van der Waals surface area contributed by atoms with Gasteiger partial charge in [0.25, 0.3) is 0 Å². The first-order chi connectivity index (χ1) is 15.9. The molecular weight excluding hydrogens is 424 g/mol. The maximum Gasteiger partial charge on any atom is 0.213 e. The molecule has 33 heavy (non-hydrogen) atoms. The van der Waals surface area contributed by atoms with E-state index in [0.717, 1.165) is 22.5 Å². The van der Waals surface area contributed by atoms with E-state index in [2.05, 4.69) is 56.6 Å². The molecule has 11 heteroatoms. The van der Waals surface area contributed by atoms with Gasteiger partial charge in [0.2, 0.25) is 5.88 Å². The molecule has 0 saturated carbocycles. The number of aromatic nitrogens is 7. The van der Waals surface area contributed by atoms with Crippen LogP contribution in [0.5, 0.6) is 5.88 Å². The van der Waals surface area contributed by atoms with Crippen molar-refractivity contribution in [2.45, 2.75) is 51.4 Å². The number of hydrogen-bond acceptors (Lipinski definition) is 8. The second-order valence-electron chi connectivity index (χ2n) is 9.17. The Balaban J connectivity index is 1.26. The summed E-state index contributed by atoms with van der Waals surface area (Å²) in [4.78, 5) is 4.44. The fourth-order valence-corrected chi connectivity index (χ4v) is 3.94. The van der Waals surface area contributed by atoms with Crippen molar-refractivity contribution in [1.82, 2.24) is 35.0 Å². The zero-order chi connectivity index (χ0) is 23.0. The molecule has 4 aromatic heterocycles. The first kappa shape index (κ1) is 21.4. The minimum atomic E-state index is -0.133. The molecule has 1 aliphatic rings. The third-order valence-electron chi connectivity index (χ3n) is 5.58. The Morgan fingerprint density at radius 1 is 1.27 bits per heavy atom. The van der Waals surface area contributed by atoms with Crippen molar-refractivity contribution in [1.29, 1.82) is 0 Å². The van der Waals surface area contributed by atoms with Crippen LogP contribution in [0.1, 0.15) is 50.2 Å². The van der Waals surface area contributed by atoms with E-state index in [9.17, 15) is 0 Å². The van der Waals surface area contributed by atoms with Gasteiger partial charge in [-0.1, -0.05) is 20.8 Å². The minimum Gasteiger partial charge on any atom is -0.472 e. The Morgan fingerprint density at radius 3 is 2.97 bits per heavy atom. The summed E-state index contributed by atoms with van der Waals surface area (Å²) in [5.74, 6) is 2.01. The average Bonchev–Trinajstić information content (AvgIpc) is 3.54. The van der Waals surface area contributed by atoms with Crippen molar-refractivity contribution in [3.05, 3.63) is 47.7 Å². The number of nitrogens with zero attached hydrogens (tertiary/aromatic N) is 5. The van der Waals surface area contributed by atoms with Gasteiger partial charge in [0.15, 0.2) is 11.6 Å². The summed E-state index contributed by atoms with van der Waals surface area (Å²) in [7, 11) is 1.64. The van der Waals surface area contributed by atoms with E-state index in [1.54, 1.807) is 24.0 Å². The average molecular weight is 453 g/mol. The third-order valence-corrected chi connectivity index (χ3v) is 5.58. The van der Waals surface area contributed by atoms with Crippen LogP contribution in [-0.2, 0) is 21.5 Å². The summed E-state index contributed by atoms with van der Waals surface area (Å²) in [6.45, 7) is 7.33. The normalized spacial score (nSPS) is 18.8. The molecule has 0 unspecified atom stereocenters. The van der Waals surface area contributed by atoms with Crippen LogP contribution < -0.4 is 10.1 Å². The Kier molecular flexibility index (Phi) is 5.51. The molecule has 0 bridgehead atoms. The van der Waals surface area contributed by atoms with E-state index in [-0.39, 0.29) is 17.6 Å². The van der Waals surface area contributed by atoms with Crippen molar-refractivity contribution in [3.63, 3.8) is 0 Å². The number of nitrogens with one attached hydrogen (secondary N) is 3. The van der Waals surface area contributed by atoms with Gasteiger partial charge in [0.05, 0.1) is 30.8 Å². The summed E-state index contributed by atoms with van der Waals surface area (Å²) in [5, 5.41) is 22.3. The molecule has 0 aliphatic carbocycles. The number of fused-ring (bicyclic) bond motifs is 1. The number of ether oxygens (including phenoxy) is 3. The maximum atomic E-state index is 6.17. The quantitative estimate of drug-likeness (QED) is 0.390. The lowest BCUT2D eigenvalue weighted by Gasteiger charge is -2.20. The van der Waals surface area contributed by atoms with Crippen LogP contribution >= 0.6 is 0 Å². The van der Waals surface area contributed by atoms with Gasteiger partial charge in [-0.2, -0.15) is 15.3 Å². The first-order valence-electron chi connectivity index (χ1n) is 10.9. The molecule has 0 radical (unpaired) electrons. The Bertz CT molecular complexity index is 1240. The van der Waals surface area contributed by atoms with Crippen molar-refractivity contribution < 1.29 is 14.2 Å². The molecule has 2 atom stereocenters. The Morgan fingerprint density at radius 2 is 2.15 bits per heavy atom. The molecule has 1 fully saturated rings. The molecule has 5 rings (SSSR count). The zero-order valence-electron chi connectivity index (χ0n) is 19.1. The van der Waals surface area contributed by atoms with E-state index in [4.69, 9.17) is 14.2 Å². The standard InChI is InChI=1S/C22H28N8O3/c1-22(2,3)15-10-24-28-21(15)33-14-8-18(32-12-14)16-9-19(27-26-16)25-20-17-7-13(11-31-4)29-30(17)6-5-23-20/h5-7,9-10,14,18H,8,11-12H2,1-4H3,(H,24,28)(H2,23,25,26,27)/t14-,18-/m1/s1. The van der Waals surface area contributed by atoms with Crippen molar-refractivity contribution in [2.24, 2.45) is 0 Å². The second-order valence-corrected chi connectivity index (χ2v) is 9.17. The molecule has 1 aliphatic heterocycles. The minimum absolute atomic E-state index is 0.0537. The van der Waals surface area contributed by atoms with Crippen LogP contribution in [0.2, 0.25) is 0 Å². The van der Waals surface area contributed by atoms with Gasteiger partial charge in [-0.3, -0.25) is 5.10 Å². The number of H-pyrrole nitrogens is 2. The summed E-state index contributed by atoms with van der Waals surface area (Å²) >= 11 is 0. The fraction of sp³-hybridized carbons (Fsp3) is 0.455.